The van der Waals surface area contributed by atoms with Crippen LogP contribution in [0.5, 0.6) is 0 Å². The van der Waals surface area contributed by atoms with E-state index in [-0.39, 0.29) is 6.03 Å². The van der Waals surface area contributed by atoms with E-state index in [0.717, 1.165) is 22.2 Å². The van der Waals surface area contributed by atoms with Crippen LogP contribution in [-0.4, -0.2) is 25.1 Å². The number of nitrogens with zero attached hydrogens (tertiary/aromatic N) is 2. The number of nitrogens with one attached hydrogen (secondary N) is 1. The second-order valence-electron chi connectivity index (χ2n) is 3.92. The third kappa shape index (κ3) is 1.93. The van der Waals surface area contributed by atoms with Crippen LogP contribution < -0.4 is 10.2 Å². The zero-order chi connectivity index (χ0) is 12.4. The summed E-state index contributed by atoms with van der Waals surface area (Å²) in [5, 5.41) is 3.61. The Labute approximate surface area is 100 Å². The van der Waals surface area contributed by atoms with E-state index in [0.29, 0.717) is 0 Å². The van der Waals surface area contributed by atoms with E-state index < -0.39 is 0 Å². The molecule has 0 saturated heterocycles. The minimum Gasteiger partial charge on any atom is -0.341 e. The SMILES string of the molecule is CNC(=O)N(C)c1c(C)cnc2ccccc12. The Morgan fingerprint density at radius 2 is 2.06 bits per heavy atom. The van der Waals surface area contributed by atoms with Crippen LogP contribution >= 0.6 is 0 Å². The van der Waals surface area contributed by atoms with E-state index in [1.54, 1.807) is 25.2 Å². The molecular weight excluding hydrogens is 214 g/mol. The van der Waals surface area contributed by atoms with E-state index in [1.807, 2.05) is 31.2 Å². The van der Waals surface area contributed by atoms with Crippen molar-refractivity contribution in [3.8, 4) is 0 Å². The Kier molecular flexibility index (Phi) is 2.95. The minimum absolute atomic E-state index is 0.135. The molecule has 2 amide bonds. The summed E-state index contributed by atoms with van der Waals surface area (Å²) < 4.78 is 0. The fourth-order valence-electron chi connectivity index (χ4n) is 1.94. The van der Waals surface area contributed by atoms with Gasteiger partial charge in [0.05, 0.1) is 11.2 Å². The van der Waals surface area contributed by atoms with Gasteiger partial charge >= 0.3 is 6.03 Å². The van der Waals surface area contributed by atoms with Crippen LogP contribution in [0.1, 0.15) is 5.56 Å². The summed E-state index contributed by atoms with van der Waals surface area (Å²) in [6.45, 7) is 1.95. The molecule has 4 heteroatoms. The number of fused-ring (bicyclic) bond motifs is 1. The Balaban J connectivity index is 2.66. The number of pyridine rings is 1. The highest BCUT2D eigenvalue weighted by molar-refractivity contribution is 6.02. The highest BCUT2D eigenvalue weighted by atomic mass is 16.2. The Hall–Kier alpha value is -2.10. The molecule has 0 bridgehead atoms. The number of anilines is 1. The molecule has 1 aromatic carbocycles. The number of amides is 2. The highest BCUT2D eigenvalue weighted by Gasteiger charge is 2.14. The predicted molar refractivity (Wildman–Crippen MR) is 69.3 cm³/mol. The fourth-order valence-corrected chi connectivity index (χ4v) is 1.94. The lowest BCUT2D eigenvalue weighted by atomic mass is 10.1. The number of hydrogen-bond donors (Lipinski definition) is 1. The molecule has 88 valence electrons. The van der Waals surface area contributed by atoms with Gasteiger partial charge in [-0.25, -0.2) is 4.79 Å². The Bertz CT molecular complexity index is 566. The standard InChI is InChI=1S/C13H15N3O/c1-9-8-15-11-7-5-4-6-10(11)12(9)16(3)13(17)14-2/h4-8H,1-3H3,(H,14,17). The quantitative estimate of drug-likeness (QED) is 0.815. The number of urea groups is 1. The van der Waals surface area contributed by atoms with Crippen LogP contribution in [0, 0.1) is 6.92 Å². The summed E-state index contributed by atoms with van der Waals surface area (Å²) in [6.07, 6.45) is 1.79. The first-order valence-corrected chi connectivity index (χ1v) is 5.45. The minimum atomic E-state index is -0.135. The molecule has 0 aliphatic carbocycles. The molecule has 0 aliphatic rings. The van der Waals surface area contributed by atoms with Crippen molar-refractivity contribution in [2.24, 2.45) is 0 Å². The van der Waals surface area contributed by atoms with Crippen molar-refractivity contribution in [1.29, 1.82) is 0 Å². The van der Waals surface area contributed by atoms with E-state index in [4.69, 9.17) is 0 Å². The summed E-state index contributed by atoms with van der Waals surface area (Å²) in [7, 11) is 3.38. The molecule has 0 fully saturated rings. The van der Waals surface area contributed by atoms with Crippen LogP contribution in [0.3, 0.4) is 0 Å². The second-order valence-corrected chi connectivity index (χ2v) is 3.92. The van der Waals surface area contributed by atoms with Crippen LogP contribution in [0.15, 0.2) is 30.5 Å². The molecule has 0 spiro atoms. The van der Waals surface area contributed by atoms with Gasteiger partial charge < -0.3 is 5.32 Å². The maximum Gasteiger partial charge on any atom is 0.321 e. The average Bonchev–Trinajstić information content (AvgIpc) is 2.37. The lowest BCUT2D eigenvalue weighted by Gasteiger charge is -2.20. The van der Waals surface area contributed by atoms with Gasteiger partial charge in [-0.05, 0) is 18.6 Å². The van der Waals surface area contributed by atoms with Gasteiger partial charge in [0, 0.05) is 25.7 Å². The number of benzene rings is 1. The summed E-state index contributed by atoms with van der Waals surface area (Å²) in [6, 6.07) is 7.67. The van der Waals surface area contributed by atoms with Crippen molar-refractivity contribution in [2.75, 3.05) is 19.0 Å². The maximum absolute atomic E-state index is 11.7. The molecule has 1 N–H and O–H groups in total. The van der Waals surface area contributed by atoms with E-state index in [1.165, 1.54) is 0 Å². The molecule has 0 atom stereocenters. The Morgan fingerprint density at radius 1 is 1.35 bits per heavy atom. The van der Waals surface area contributed by atoms with Crippen molar-refractivity contribution in [3.63, 3.8) is 0 Å². The van der Waals surface area contributed by atoms with Crippen molar-refractivity contribution in [1.82, 2.24) is 10.3 Å². The van der Waals surface area contributed by atoms with E-state index >= 15 is 0 Å². The van der Waals surface area contributed by atoms with Crippen LogP contribution in [0.25, 0.3) is 10.9 Å². The molecule has 17 heavy (non-hydrogen) atoms. The number of hydrogen-bond acceptors (Lipinski definition) is 2. The second kappa shape index (κ2) is 4.41. The first-order valence-electron chi connectivity index (χ1n) is 5.45. The molecule has 0 radical (unpaired) electrons. The summed E-state index contributed by atoms with van der Waals surface area (Å²) >= 11 is 0. The molecule has 2 aromatic rings. The number of aryl methyl sites for hydroxylation is 1. The van der Waals surface area contributed by atoms with Crippen LogP contribution in [-0.2, 0) is 0 Å². The van der Waals surface area contributed by atoms with Gasteiger partial charge in [0.2, 0.25) is 0 Å². The summed E-state index contributed by atoms with van der Waals surface area (Å²) in [5.41, 5.74) is 2.77. The van der Waals surface area contributed by atoms with Crippen molar-refractivity contribution in [2.45, 2.75) is 6.92 Å². The molecule has 0 aliphatic heterocycles. The van der Waals surface area contributed by atoms with Gasteiger partial charge in [-0.2, -0.15) is 0 Å². The topological polar surface area (TPSA) is 45.2 Å². The van der Waals surface area contributed by atoms with Crippen LogP contribution in [0.4, 0.5) is 10.5 Å². The lowest BCUT2D eigenvalue weighted by Crippen LogP contribution is -2.35. The molecule has 2 rings (SSSR count). The lowest BCUT2D eigenvalue weighted by molar-refractivity contribution is 0.249. The summed E-state index contributed by atoms with van der Waals surface area (Å²) in [5.74, 6) is 0. The smallest absolute Gasteiger partial charge is 0.321 e. The van der Waals surface area contributed by atoms with Crippen LogP contribution in [0.2, 0.25) is 0 Å². The predicted octanol–water partition coefficient (Wildman–Crippen LogP) is 2.32. The van der Waals surface area contributed by atoms with Gasteiger partial charge in [0.25, 0.3) is 0 Å². The van der Waals surface area contributed by atoms with Crippen molar-refractivity contribution >= 4 is 22.6 Å². The summed E-state index contributed by atoms with van der Waals surface area (Å²) in [4.78, 5) is 17.7. The molecule has 1 heterocycles. The molecule has 0 unspecified atom stereocenters. The molecule has 0 saturated carbocycles. The zero-order valence-electron chi connectivity index (χ0n) is 10.2. The third-order valence-electron chi connectivity index (χ3n) is 2.78. The average molecular weight is 229 g/mol. The van der Waals surface area contributed by atoms with E-state index in [2.05, 4.69) is 10.3 Å². The van der Waals surface area contributed by atoms with Gasteiger partial charge in [-0.15, -0.1) is 0 Å². The van der Waals surface area contributed by atoms with Gasteiger partial charge in [-0.3, -0.25) is 9.88 Å². The number of para-hydroxylation sites is 1. The largest absolute Gasteiger partial charge is 0.341 e. The van der Waals surface area contributed by atoms with Gasteiger partial charge in [-0.1, -0.05) is 18.2 Å². The van der Waals surface area contributed by atoms with E-state index in [9.17, 15) is 4.79 Å². The highest BCUT2D eigenvalue weighted by Crippen LogP contribution is 2.28. The monoisotopic (exact) mass is 229 g/mol. The zero-order valence-corrected chi connectivity index (χ0v) is 10.2. The normalized spacial score (nSPS) is 10.3. The van der Waals surface area contributed by atoms with Crippen molar-refractivity contribution in [3.05, 3.63) is 36.0 Å². The first kappa shape index (κ1) is 11.4. The molecular formula is C13H15N3O. The number of rotatable bonds is 1. The molecule has 4 nitrogen and oxygen atoms in total. The first-order chi connectivity index (χ1) is 8.15. The van der Waals surface area contributed by atoms with Gasteiger partial charge in [0.1, 0.15) is 0 Å². The number of aromatic nitrogens is 1. The Morgan fingerprint density at radius 3 is 2.76 bits per heavy atom. The van der Waals surface area contributed by atoms with Gasteiger partial charge in [0.15, 0.2) is 0 Å². The fraction of sp³-hybridized carbons (Fsp3) is 0.231. The van der Waals surface area contributed by atoms with Crippen molar-refractivity contribution < 1.29 is 4.79 Å². The third-order valence-corrected chi connectivity index (χ3v) is 2.78. The molecule has 1 aromatic heterocycles. The maximum atomic E-state index is 11.7. The number of carbonyl (C=O) groups is 1. The number of carbonyl (C=O) groups excluding carboxylic acids is 1.